The summed E-state index contributed by atoms with van der Waals surface area (Å²) < 4.78 is 24.8. The van der Waals surface area contributed by atoms with Gasteiger partial charge in [-0.25, -0.2) is 0 Å². The Morgan fingerprint density at radius 3 is 2.56 bits per heavy atom. The number of hydrogen-bond donors (Lipinski definition) is 1. The molecule has 32 heavy (non-hydrogen) atoms. The molecular formula is C26H28O5S. The minimum atomic E-state index is -0.795. The number of ether oxygens (including phenoxy) is 4. The van der Waals surface area contributed by atoms with Crippen molar-refractivity contribution in [2.75, 3.05) is 12.4 Å². The molecule has 168 valence electrons. The van der Waals surface area contributed by atoms with Crippen LogP contribution in [0, 0.1) is 0 Å². The minimum absolute atomic E-state index is 0.288. The summed E-state index contributed by atoms with van der Waals surface area (Å²) in [5.74, 6) is 0.838. The van der Waals surface area contributed by atoms with Crippen LogP contribution in [0.25, 0.3) is 10.8 Å². The zero-order valence-electron chi connectivity index (χ0n) is 18.0. The van der Waals surface area contributed by atoms with Crippen LogP contribution in [-0.4, -0.2) is 47.3 Å². The molecule has 0 saturated carbocycles. The lowest BCUT2D eigenvalue weighted by Crippen LogP contribution is -2.61. The summed E-state index contributed by atoms with van der Waals surface area (Å²) in [5, 5.41) is 13.5. The van der Waals surface area contributed by atoms with Gasteiger partial charge in [0.15, 0.2) is 6.29 Å². The summed E-state index contributed by atoms with van der Waals surface area (Å²) in [6.45, 7) is 2.84. The Kier molecular flexibility index (Phi) is 6.78. The molecule has 5 nitrogen and oxygen atoms in total. The molecule has 6 heteroatoms. The Balaban J connectivity index is 1.35. The van der Waals surface area contributed by atoms with E-state index in [0.29, 0.717) is 13.2 Å². The van der Waals surface area contributed by atoms with Crippen LogP contribution in [0.4, 0.5) is 0 Å². The van der Waals surface area contributed by atoms with Gasteiger partial charge in [0.2, 0.25) is 0 Å². The fraction of sp³-hybridized carbons (Fsp3) is 0.385. The van der Waals surface area contributed by atoms with Crippen molar-refractivity contribution in [1.29, 1.82) is 0 Å². The molecule has 3 aromatic carbocycles. The van der Waals surface area contributed by atoms with Crippen LogP contribution in [0.15, 0.2) is 72.8 Å². The third-order valence-electron chi connectivity index (χ3n) is 5.97. The maximum atomic E-state index is 11.1. The maximum Gasteiger partial charge on any atom is 0.184 e. The highest BCUT2D eigenvalue weighted by Crippen LogP contribution is 2.38. The van der Waals surface area contributed by atoms with Gasteiger partial charge in [0.1, 0.15) is 29.9 Å². The van der Waals surface area contributed by atoms with Gasteiger partial charge < -0.3 is 24.1 Å². The summed E-state index contributed by atoms with van der Waals surface area (Å²) in [6.07, 6.45) is -2.52. The number of fused-ring (bicyclic) bond motifs is 2. The molecule has 0 aliphatic carbocycles. The van der Waals surface area contributed by atoms with Crippen molar-refractivity contribution >= 4 is 22.5 Å². The molecule has 3 aromatic rings. The Hall–Kier alpha value is -1.93. The molecule has 2 aliphatic rings. The number of hydrogen-bond acceptors (Lipinski definition) is 6. The summed E-state index contributed by atoms with van der Waals surface area (Å²) >= 11 is 1.58. The highest BCUT2D eigenvalue weighted by molar-refractivity contribution is 7.99. The molecule has 2 fully saturated rings. The third-order valence-corrected chi connectivity index (χ3v) is 7.02. The van der Waals surface area contributed by atoms with Crippen molar-refractivity contribution in [3.05, 3.63) is 83.9 Å². The highest BCUT2D eigenvalue weighted by Gasteiger charge is 2.50. The SMILES string of the molecule is CCS[C@@H]1OC2COC(c3ccccc3)O[C@H]2[C@H](OCc2ccc3ccccc3c2)C1O. The van der Waals surface area contributed by atoms with E-state index in [2.05, 4.69) is 37.3 Å². The van der Waals surface area contributed by atoms with Crippen LogP contribution in [0.2, 0.25) is 0 Å². The minimum Gasteiger partial charge on any atom is -0.387 e. The number of rotatable bonds is 6. The number of aliphatic hydroxyl groups is 1. The first-order valence-electron chi connectivity index (χ1n) is 11.1. The first kappa shape index (κ1) is 21.9. The quantitative estimate of drug-likeness (QED) is 0.586. The van der Waals surface area contributed by atoms with Gasteiger partial charge >= 0.3 is 0 Å². The van der Waals surface area contributed by atoms with E-state index in [1.807, 2.05) is 42.5 Å². The van der Waals surface area contributed by atoms with Crippen LogP contribution in [0.3, 0.4) is 0 Å². The Morgan fingerprint density at radius 2 is 1.75 bits per heavy atom. The van der Waals surface area contributed by atoms with Gasteiger partial charge in [0.05, 0.1) is 13.2 Å². The third kappa shape index (κ3) is 4.57. The highest BCUT2D eigenvalue weighted by atomic mass is 32.2. The molecule has 1 N–H and O–H groups in total. The normalized spacial score (nSPS) is 30.2. The monoisotopic (exact) mass is 452 g/mol. The average Bonchev–Trinajstić information content (AvgIpc) is 2.84. The lowest BCUT2D eigenvalue weighted by molar-refractivity contribution is -0.325. The van der Waals surface area contributed by atoms with E-state index >= 15 is 0 Å². The standard InChI is InChI=1S/C26H28O5S/c1-2-32-26-22(27)24(28-15-17-12-13-18-8-6-7-11-20(18)14-17)23-21(30-26)16-29-25(31-23)19-9-4-3-5-10-19/h3-14,21-27H,2,15-16H2,1H3/t21?,22?,23-,24-,25?,26+/m1/s1. The van der Waals surface area contributed by atoms with Gasteiger partial charge in [-0.05, 0) is 28.2 Å². The molecule has 2 aliphatic heterocycles. The molecule has 0 amide bonds. The molecule has 5 rings (SSSR count). The molecule has 0 bridgehead atoms. The zero-order valence-corrected chi connectivity index (χ0v) is 18.8. The summed E-state index contributed by atoms with van der Waals surface area (Å²) in [4.78, 5) is 0. The summed E-state index contributed by atoms with van der Waals surface area (Å²) in [6, 6.07) is 24.4. The van der Waals surface area contributed by atoms with E-state index in [9.17, 15) is 5.11 Å². The lowest BCUT2D eigenvalue weighted by atomic mass is 9.98. The Labute approximate surface area is 192 Å². The van der Waals surface area contributed by atoms with E-state index in [0.717, 1.165) is 16.9 Å². The molecule has 3 unspecified atom stereocenters. The van der Waals surface area contributed by atoms with Crippen molar-refractivity contribution in [3.8, 4) is 0 Å². The van der Waals surface area contributed by atoms with Crippen molar-refractivity contribution in [3.63, 3.8) is 0 Å². The number of thioether (sulfide) groups is 1. The fourth-order valence-electron chi connectivity index (χ4n) is 4.36. The number of benzene rings is 3. The van der Waals surface area contributed by atoms with Crippen molar-refractivity contribution < 1.29 is 24.1 Å². The lowest BCUT2D eigenvalue weighted by Gasteiger charge is -2.47. The van der Waals surface area contributed by atoms with Gasteiger partial charge in [-0.1, -0.05) is 73.7 Å². The van der Waals surface area contributed by atoms with Crippen molar-refractivity contribution in [2.24, 2.45) is 0 Å². The van der Waals surface area contributed by atoms with E-state index in [1.54, 1.807) is 11.8 Å². The van der Waals surface area contributed by atoms with Crippen LogP contribution < -0.4 is 0 Å². The van der Waals surface area contributed by atoms with Crippen LogP contribution in [0.5, 0.6) is 0 Å². The van der Waals surface area contributed by atoms with Gasteiger partial charge in [-0.2, -0.15) is 0 Å². The molecule has 0 radical (unpaired) electrons. The van der Waals surface area contributed by atoms with Gasteiger partial charge in [-0.15, -0.1) is 11.8 Å². The van der Waals surface area contributed by atoms with E-state index < -0.39 is 24.6 Å². The van der Waals surface area contributed by atoms with Crippen LogP contribution >= 0.6 is 11.8 Å². The predicted molar refractivity (Wildman–Crippen MR) is 125 cm³/mol. The van der Waals surface area contributed by atoms with Crippen LogP contribution in [0.1, 0.15) is 24.3 Å². The zero-order chi connectivity index (χ0) is 21.9. The van der Waals surface area contributed by atoms with E-state index in [4.69, 9.17) is 18.9 Å². The van der Waals surface area contributed by atoms with E-state index in [1.165, 1.54) is 10.8 Å². The van der Waals surface area contributed by atoms with Gasteiger partial charge in [-0.3, -0.25) is 0 Å². The molecule has 0 aromatic heterocycles. The van der Waals surface area contributed by atoms with Gasteiger partial charge in [0.25, 0.3) is 0 Å². The second-order valence-electron chi connectivity index (χ2n) is 8.12. The van der Waals surface area contributed by atoms with Crippen molar-refractivity contribution in [2.45, 2.75) is 49.7 Å². The summed E-state index contributed by atoms with van der Waals surface area (Å²) in [5.41, 5.74) is 1.63. The number of aliphatic hydroxyl groups excluding tert-OH is 1. The van der Waals surface area contributed by atoms with E-state index in [-0.39, 0.29) is 11.5 Å². The first-order chi connectivity index (χ1) is 15.7. The Morgan fingerprint density at radius 1 is 0.969 bits per heavy atom. The maximum absolute atomic E-state index is 11.1. The second-order valence-corrected chi connectivity index (χ2v) is 9.50. The molecule has 2 heterocycles. The smallest absolute Gasteiger partial charge is 0.184 e. The predicted octanol–water partition coefficient (Wildman–Crippen LogP) is 4.68. The van der Waals surface area contributed by atoms with Crippen molar-refractivity contribution in [1.82, 2.24) is 0 Å². The largest absolute Gasteiger partial charge is 0.387 e. The van der Waals surface area contributed by atoms with Gasteiger partial charge in [0, 0.05) is 5.56 Å². The second kappa shape index (κ2) is 9.91. The molecular weight excluding hydrogens is 424 g/mol. The fourth-order valence-corrected chi connectivity index (χ4v) is 5.26. The summed E-state index contributed by atoms with van der Waals surface area (Å²) in [7, 11) is 0. The average molecular weight is 453 g/mol. The first-order valence-corrected chi connectivity index (χ1v) is 12.1. The van der Waals surface area contributed by atoms with Crippen LogP contribution in [-0.2, 0) is 25.6 Å². The molecule has 0 spiro atoms. The molecule has 6 atom stereocenters. The topological polar surface area (TPSA) is 57.2 Å². The Bertz CT molecular complexity index is 1030. The molecule has 2 saturated heterocycles.